The molecule has 0 saturated carbocycles. The Hall–Kier alpha value is -0.330. The number of halogens is 6. The summed E-state index contributed by atoms with van der Waals surface area (Å²) >= 11 is 8.56. The molecule has 16 heavy (non-hydrogen) atoms. The second kappa shape index (κ2) is 4.89. The first-order chi connectivity index (χ1) is 7.27. The molecule has 0 amide bonds. The van der Waals surface area contributed by atoms with E-state index in [1.54, 1.807) is 0 Å². The van der Waals surface area contributed by atoms with Gasteiger partial charge in [0.2, 0.25) is 0 Å². The molecule has 1 N–H and O–H groups in total. The van der Waals surface area contributed by atoms with Crippen LogP contribution in [0.3, 0.4) is 0 Å². The van der Waals surface area contributed by atoms with Crippen LogP contribution in [-0.2, 0) is 0 Å². The summed E-state index contributed by atoms with van der Waals surface area (Å²) in [7, 11) is 1.10. The van der Waals surface area contributed by atoms with E-state index in [4.69, 9.17) is 11.6 Å². The molecule has 0 radical (unpaired) electrons. The van der Waals surface area contributed by atoms with Crippen LogP contribution in [0.2, 0.25) is 5.02 Å². The fourth-order valence-electron chi connectivity index (χ4n) is 1.25. The molecule has 1 rings (SSSR count). The SMILES string of the molecule is CNC(c1cc(Cl)c(Br)cc1F)C(F)(F)F. The maximum absolute atomic E-state index is 13.4. The maximum Gasteiger partial charge on any atom is 0.408 e. The molecule has 0 spiro atoms. The fourth-order valence-corrected chi connectivity index (χ4v) is 1.74. The summed E-state index contributed by atoms with van der Waals surface area (Å²) in [5.74, 6) is -0.965. The predicted octanol–water partition coefficient (Wildman–Crippen LogP) is 4.06. The van der Waals surface area contributed by atoms with E-state index in [0.717, 1.165) is 19.2 Å². The van der Waals surface area contributed by atoms with E-state index in [2.05, 4.69) is 15.9 Å². The first-order valence-electron chi connectivity index (χ1n) is 4.15. The number of benzene rings is 1. The zero-order chi connectivity index (χ0) is 12.5. The smallest absolute Gasteiger partial charge is 0.305 e. The van der Waals surface area contributed by atoms with Gasteiger partial charge in [-0.1, -0.05) is 11.6 Å². The van der Waals surface area contributed by atoms with Gasteiger partial charge < -0.3 is 5.32 Å². The van der Waals surface area contributed by atoms with Crippen LogP contribution in [0.15, 0.2) is 16.6 Å². The third-order valence-electron chi connectivity index (χ3n) is 1.97. The number of hydrogen-bond donors (Lipinski definition) is 1. The van der Waals surface area contributed by atoms with Crippen molar-refractivity contribution in [1.82, 2.24) is 5.32 Å². The highest BCUT2D eigenvalue weighted by Gasteiger charge is 2.41. The summed E-state index contributed by atoms with van der Waals surface area (Å²) in [6.07, 6.45) is -4.58. The van der Waals surface area contributed by atoms with Crippen molar-refractivity contribution in [2.24, 2.45) is 0 Å². The largest absolute Gasteiger partial charge is 0.408 e. The van der Waals surface area contributed by atoms with Crippen molar-refractivity contribution in [3.63, 3.8) is 0 Å². The number of rotatable bonds is 2. The Balaban J connectivity index is 3.26. The van der Waals surface area contributed by atoms with Crippen molar-refractivity contribution in [2.45, 2.75) is 12.2 Å². The topological polar surface area (TPSA) is 12.0 Å². The Morgan fingerprint density at radius 3 is 2.38 bits per heavy atom. The quantitative estimate of drug-likeness (QED) is 0.640. The van der Waals surface area contributed by atoms with Gasteiger partial charge >= 0.3 is 6.18 Å². The van der Waals surface area contributed by atoms with Gasteiger partial charge in [0, 0.05) is 10.0 Å². The molecule has 0 aromatic heterocycles. The molecule has 0 heterocycles. The molecule has 0 saturated heterocycles. The summed E-state index contributed by atoms with van der Waals surface area (Å²) in [6.45, 7) is 0. The molecule has 1 nitrogen and oxygen atoms in total. The average Bonchev–Trinajstić information content (AvgIpc) is 2.12. The molecule has 1 unspecified atom stereocenters. The standard InChI is InChI=1S/C9H7BrClF4N/c1-16-8(9(13,14)15)4-2-6(11)5(10)3-7(4)12/h2-3,8,16H,1H3. The minimum atomic E-state index is -4.58. The Bertz CT molecular complexity index is 394. The van der Waals surface area contributed by atoms with E-state index in [9.17, 15) is 17.6 Å². The number of nitrogens with one attached hydrogen (secondary N) is 1. The normalized spacial score (nSPS) is 13.9. The van der Waals surface area contributed by atoms with E-state index in [0.29, 0.717) is 0 Å². The van der Waals surface area contributed by atoms with Gasteiger partial charge in [0.15, 0.2) is 0 Å². The summed E-state index contributed by atoms with van der Waals surface area (Å²) in [5, 5.41) is 2.04. The van der Waals surface area contributed by atoms with E-state index < -0.39 is 23.6 Å². The Morgan fingerprint density at radius 2 is 1.94 bits per heavy atom. The van der Waals surface area contributed by atoms with Crippen molar-refractivity contribution in [1.29, 1.82) is 0 Å². The third kappa shape index (κ3) is 2.87. The van der Waals surface area contributed by atoms with Gasteiger partial charge in [-0.3, -0.25) is 0 Å². The van der Waals surface area contributed by atoms with Crippen LogP contribution in [0.1, 0.15) is 11.6 Å². The van der Waals surface area contributed by atoms with Crippen LogP contribution < -0.4 is 5.32 Å². The van der Waals surface area contributed by atoms with Gasteiger partial charge in [-0.25, -0.2) is 4.39 Å². The lowest BCUT2D eigenvalue weighted by Gasteiger charge is -2.20. The predicted molar refractivity (Wildman–Crippen MR) is 57.0 cm³/mol. The molecule has 0 aliphatic heterocycles. The Kier molecular flexibility index (Phi) is 4.20. The van der Waals surface area contributed by atoms with Crippen LogP contribution in [0.25, 0.3) is 0 Å². The molecule has 90 valence electrons. The van der Waals surface area contributed by atoms with Crippen LogP contribution in [0.4, 0.5) is 17.6 Å². The summed E-state index contributed by atoms with van der Waals surface area (Å²) in [4.78, 5) is 0. The molecule has 0 aliphatic carbocycles. The van der Waals surface area contributed by atoms with Crippen molar-refractivity contribution >= 4 is 27.5 Å². The highest BCUT2D eigenvalue weighted by atomic mass is 79.9. The molecule has 1 atom stereocenters. The van der Waals surface area contributed by atoms with Gasteiger partial charge in [-0.2, -0.15) is 13.2 Å². The fraction of sp³-hybridized carbons (Fsp3) is 0.333. The zero-order valence-corrected chi connectivity index (χ0v) is 10.3. The number of hydrogen-bond acceptors (Lipinski definition) is 1. The van der Waals surface area contributed by atoms with Gasteiger partial charge in [0.25, 0.3) is 0 Å². The highest BCUT2D eigenvalue weighted by molar-refractivity contribution is 9.10. The third-order valence-corrected chi connectivity index (χ3v) is 3.16. The van der Waals surface area contributed by atoms with E-state index in [1.807, 2.05) is 5.32 Å². The average molecular weight is 321 g/mol. The molecule has 1 aromatic rings. The van der Waals surface area contributed by atoms with E-state index >= 15 is 0 Å². The summed E-state index contributed by atoms with van der Waals surface area (Å²) < 4.78 is 51.2. The maximum atomic E-state index is 13.4. The molecule has 0 aliphatic rings. The Morgan fingerprint density at radius 1 is 1.38 bits per heavy atom. The van der Waals surface area contributed by atoms with Gasteiger partial charge in [0.05, 0.1) is 5.02 Å². The Labute approximate surface area is 103 Å². The van der Waals surface area contributed by atoms with Crippen molar-refractivity contribution < 1.29 is 17.6 Å². The molecule has 0 fully saturated rings. The van der Waals surface area contributed by atoms with Gasteiger partial charge in [-0.15, -0.1) is 0 Å². The van der Waals surface area contributed by atoms with E-state index in [-0.39, 0.29) is 9.50 Å². The van der Waals surface area contributed by atoms with Crippen molar-refractivity contribution in [2.75, 3.05) is 7.05 Å². The van der Waals surface area contributed by atoms with Crippen molar-refractivity contribution in [3.05, 3.63) is 33.0 Å². The molecule has 0 bridgehead atoms. The zero-order valence-electron chi connectivity index (χ0n) is 8.00. The van der Waals surface area contributed by atoms with Gasteiger partial charge in [0.1, 0.15) is 11.9 Å². The first-order valence-corrected chi connectivity index (χ1v) is 5.33. The van der Waals surface area contributed by atoms with Crippen LogP contribution in [0.5, 0.6) is 0 Å². The first kappa shape index (κ1) is 13.7. The van der Waals surface area contributed by atoms with Crippen molar-refractivity contribution in [3.8, 4) is 0 Å². The van der Waals surface area contributed by atoms with Crippen LogP contribution in [-0.4, -0.2) is 13.2 Å². The van der Waals surface area contributed by atoms with E-state index in [1.165, 1.54) is 0 Å². The second-order valence-corrected chi connectivity index (χ2v) is 4.31. The van der Waals surface area contributed by atoms with Gasteiger partial charge in [-0.05, 0) is 35.1 Å². The summed E-state index contributed by atoms with van der Waals surface area (Å²) in [5.41, 5.74) is -0.525. The highest BCUT2D eigenvalue weighted by Crippen LogP contribution is 2.36. The molecular formula is C9H7BrClF4N. The minimum Gasteiger partial charge on any atom is -0.305 e. The van der Waals surface area contributed by atoms with Crippen LogP contribution >= 0.6 is 27.5 Å². The molecular weight excluding hydrogens is 313 g/mol. The van der Waals surface area contributed by atoms with Crippen LogP contribution in [0, 0.1) is 5.82 Å². The second-order valence-electron chi connectivity index (χ2n) is 3.05. The molecule has 7 heteroatoms. The summed E-state index contributed by atoms with van der Waals surface area (Å²) in [6, 6.07) is -0.207. The minimum absolute atomic E-state index is 0.0286. The number of alkyl halides is 3. The lowest BCUT2D eigenvalue weighted by Crippen LogP contribution is -2.32. The molecule has 1 aromatic carbocycles. The monoisotopic (exact) mass is 319 g/mol. The lowest BCUT2D eigenvalue weighted by molar-refractivity contribution is -0.156. The lowest BCUT2D eigenvalue weighted by atomic mass is 10.1.